The molecule has 5 heterocycles. The third kappa shape index (κ3) is 7.83. The summed E-state index contributed by atoms with van der Waals surface area (Å²) in [6.45, 7) is 3.97. The van der Waals surface area contributed by atoms with Crippen molar-refractivity contribution >= 4 is 45.1 Å². The van der Waals surface area contributed by atoms with Crippen LogP contribution in [0.4, 0.5) is 11.6 Å². The van der Waals surface area contributed by atoms with Gasteiger partial charge in [-0.25, -0.2) is 15.0 Å². The molecular formula is C26H35N7O3S. The fraction of sp³-hybridized carbons (Fsp3) is 0.500. The van der Waals surface area contributed by atoms with Crippen LogP contribution in [-0.2, 0) is 22.4 Å². The number of carbonyl (C=O) groups excluding carboxylic acids is 1. The first-order valence-electron chi connectivity index (χ1n) is 12.9. The first kappa shape index (κ1) is 26.7. The number of rotatable bonds is 8. The maximum absolute atomic E-state index is 12.2. The third-order valence-corrected chi connectivity index (χ3v) is 7.57. The molecule has 5 N–H and O–H groups in total. The summed E-state index contributed by atoms with van der Waals surface area (Å²) in [5, 5.41) is 16.8. The monoisotopic (exact) mass is 525 g/mol. The Morgan fingerprint density at radius 1 is 1.24 bits per heavy atom. The van der Waals surface area contributed by atoms with E-state index in [-0.39, 0.29) is 24.8 Å². The number of pyridine rings is 1. The number of aromatic nitrogens is 3. The van der Waals surface area contributed by atoms with E-state index in [1.807, 2.05) is 11.4 Å². The minimum Gasteiger partial charge on any atom is -0.481 e. The Labute approximate surface area is 220 Å². The number of thiophene rings is 1. The van der Waals surface area contributed by atoms with E-state index in [0.717, 1.165) is 80.0 Å². The number of nitrogens with two attached hydrogens (primary N) is 1. The van der Waals surface area contributed by atoms with Crippen LogP contribution in [0.2, 0.25) is 0 Å². The number of amides is 1. The molecule has 0 aromatic carbocycles. The molecule has 1 saturated heterocycles. The van der Waals surface area contributed by atoms with Crippen molar-refractivity contribution in [3.63, 3.8) is 0 Å². The number of piperidine rings is 1. The number of likely N-dealkylation sites (tertiary alicyclic amines) is 1. The number of fused-ring (bicyclic) bond motifs is 2. The SMILES string of the molecule is Nc1ncnc2ccsc12.O=C(O)CCNC(=O)C1CCCN(CCCc2ccc3c(n2)NCCC3)C1. The molecule has 198 valence electrons. The number of aryl methyl sites for hydroxylation is 2. The van der Waals surface area contributed by atoms with E-state index in [1.54, 1.807) is 11.3 Å². The molecule has 1 amide bonds. The minimum atomic E-state index is -0.883. The van der Waals surface area contributed by atoms with Gasteiger partial charge in [0, 0.05) is 25.3 Å². The van der Waals surface area contributed by atoms with Gasteiger partial charge in [-0.3, -0.25) is 9.59 Å². The van der Waals surface area contributed by atoms with Gasteiger partial charge in [0.15, 0.2) is 0 Å². The zero-order chi connectivity index (χ0) is 26.0. The highest BCUT2D eigenvalue weighted by Gasteiger charge is 2.25. The summed E-state index contributed by atoms with van der Waals surface area (Å²) in [5.41, 5.74) is 8.93. The molecule has 0 spiro atoms. The second kappa shape index (κ2) is 13.3. The van der Waals surface area contributed by atoms with Gasteiger partial charge in [0.1, 0.15) is 18.0 Å². The number of hydrogen-bond donors (Lipinski definition) is 4. The molecule has 1 fully saturated rings. The third-order valence-electron chi connectivity index (χ3n) is 6.64. The highest BCUT2D eigenvalue weighted by atomic mass is 32.1. The fourth-order valence-corrected chi connectivity index (χ4v) is 5.46. The standard InChI is InChI=1S/C20H30N4O3.C6H5N3S/c25-18(26)9-11-22-20(27)16-5-2-12-24(14-16)13-3-6-17-8-7-15-4-1-10-21-19(15)23-17;7-6-5-4(1-2-10-5)8-3-9-6/h7-8,16H,1-6,9-14H2,(H,21,23)(H,22,27)(H,25,26);1-3H,(H2,7,8,9). The summed E-state index contributed by atoms with van der Waals surface area (Å²) in [5.74, 6) is 0.698. The van der Waals surface area contributed by atoms with Crippen LogP contribution in [0.3, 0.4) is 0 Å². The maximum Gasteiger partial charge on any atom is 0.305 e. The number of carboxylic acid groups (broad SMARTS) is 1. The molecule has 2 aliphatic heterocycles. The van der Waals surface area contributed by atoms with Gasteiger partial charge in [-0.05, 0) is 74.7 Å². The fourth-order valence-electron chi connectivity index (χ4n) is 4.71. The van der Waals surface area contributed by atoms with Gasteiger partial charge in [0.05, 0.1) is 22.6 Å². The number of aliphatic carboxylic acids is 1. The maximum atomic E-state index is 12.2. The van der Waals surface area contributed by atoms with Crippen molar-refractivity contribution in [1.29, 1.82) is 0 Å². The van der Waals surface area contributed by atoms with Gasteiger partial charge in [-0.15, -0.1) is 11.3 Å². The van der Waals surface area contributed by atoms with E-state index in [0.29, 0.717) is 5.82 Å². The molecule has 0 radical (unpaired) electrons. The zero-order valence-electron chi connectivity index (χ0n) is 21.0. The number of nitrogens with one attached hydrogen (secondary N) is 2. The molecule has 3 aromatic heterocycles. The number of nitrogen functional groups attached to an aromatic ring is 1. The normalized spacial score (nSPS) is 17.2. The van der Waals surface area contributed by atoms with Crippen molar-refractivity contribution in [3.05, 3.63) is 41.2 Å². The van der Waals surface area contributed by atoms with E-state index in [1.165, 1.54) is 18.3 Å². The molecule has 5 rings (SSSR count). The second-order valence-electron chi connectivity index (χ2n) is 9.41. The lowest BCUT2D eigenvalue weighted by molar-refractivity contribution is -0.137. The predicted octanol–water partition coefficient (Wildman–Crippen LogP) is 2.95. The molecule has 2 aliphatic rings. The van der Waals surface area contributed by atoms with Crippen LogP contribution < -0.4 is 16.4 Å². The molecular weight excluding hydrogens is 490 g/mol. The smallest absolute Gasteiger partial charge is 0.305 e. The van der Waals surface area contributed by atoms with E-state index in [9.17, 15) is 9.59 Å². The highest BCUT2D eigenvalue weighted by Crippen LogP contribution is 2.22. The van der Waals surface area contributed by atoms with Crippen LogP contribution in [0.1, 0.15) is 43.4 Å². The van der Waals surface area contributed by atoms with Gasteiger partial charge >= 0.3 is 5.97 Å². The molecule has 1 atom stereocenters. The summed E-state index contributed by atoms with van der Waals surface area (Å²) in [4.78, 5) is 37.7. The summed E-state index contributed by atoms with van der Waals surface area (Å²) in [6, 6.07) is 6.26. The van der Waals surface area contributed by atoms with Gasteiger partial charge < -0.3 is 26.4 Å². The predicted molar refractivity (Wildman–Crippen MR) is 146 cm³/mol. The van der Waals surface area contributed by atoms with Gasteiger partial charge in [-0.2, -0.15) is 0 Å². The van der Waals surface area contributed by atoms with Crippen molar-refractivity contribution < 1.29 is 14.7 Å². The van der Waals surface area contributed by atoms with Crippen molar-refractivity contribution in [3.8, 4) is 0 Å². The number of carboxylic acids is 1. The number of carbonyl (C=O) groups is 2. The number of hydrogen-bond acceptors (Lipinski definition) is 9. The Bertz CT molecular complexity index is 1200. The van der Waals surface area contributed by atoms with E-state index in [4.69, 9.17) is 15.8 Å². The molecule has 37 heavy (non-hydrogen) atoms. The molecule has 3 aromatic rings. The quantitative estimate of drug-likeness (QED) is 0.348. The van der Waals surface area contributed by atoms with E-state index in [2.05, 4.69) is 37.6 Å². The van der Waals surface area contributed by atoms with E-state index >= 15 is 0 Å². The van der Waals surface area contributed by atoms with E-state index < -0.39 is 5.97 Å². The summed E-state index contributed by atoms with van der Waals surface area (Å²) in [6.07, 6.45) is 7.61. The van der Waals surface area contributed by atoms with Crippen molar-refractivity contribution in [2.75, 3.05) is 43.8 Å². The van der Waals surface area contributed by atoms with Crippen molar-refractivity contribution in [2.45, 2.75) is 44.9 Å². The van der Waals surface area contributed by atoms with Crippen LogP contribution in [-0.4, -0.2) is 69.6 Å². The second-order valence-corrected chi connectivity index (χ2v) is 10.3. The van der Waals surface area contributed by atoms with Crippen LogP contribution in [0, 0.1) is 5.92 Å². The average Bonchev–Trinajstić information content (AvgIpc) is 3.39. The van der Waals surface area contributed by atoms with Crippen LogP contribution in [0.15, 0.2) is 29.9 Å². The Hall–Kier alpha value is -3.31. The van der Waals surface area contributed by atoms with Crippen LogP contribution >= 0.6 is 11.3 Å². The largest absolute Gasteiger partial charge is 0.481 e. The highest BCUT2D eigenvalue weighted by molar-refractivity contribution is 7.17. The summed E-state index contributed by atoms with van der Waals surface area (Å²) in [7, 11) is 0. The van der Waals surface area contributed by atoms with Gasteiger partial charge in [0.25, 0.3) is 0 Å². The Morgan fingerprint density at radius 3 is 2.97 bits per heavy atom. The average molecular weight is 526 g/mol. The van der Waals surface area contributed by atoms with Crippen molar-refractivity contribution in [1.82, 2.24) is 25.2 Å². The van der Waals surface area contributed by atoms with Crippen LogP contribution in [0.5, 0.6) is 0 Å². The summed E-state index contributed by atoms with van der Waals surface area (Å²) < 4.78 is 0.975. The molecule has 10 nitrogen and oxygen atoms in total. The number of nitrogens with zero attached hydrogens (tertiary/aromatic N) is 4. The first-order chi connectivity index (χ1) is 18.0. The lowest BCUT2D eigenvalue weighted by Gasteiger charge is -2.32. The van der Waals surface area contributed by atoms with Gasteiger partial charge in [0.2, 0.25) is 5.91 Å². The van der Waals surface area contributed by atoms with Crippen molar-refractivity contribution in [2.24, 2.45) is 5.92 Å². The minimum absolute atomic E-state index is 0.0108. The number of anilines is 2. The molecule has 0 bridgehead atoms. The molecule has 11 heteroatoms. The lowest BCUT2D eigenvalue weighted by Crippen LogP contribution is -2.43. The Morgan fingerprint density at radius 2 is 2.14 bits per heavy atom. The first-order valence-corrected chi connectivity index (χ1v) is 13.8. The van der Waals surface area contributed by atoms with Gasteiger partial charge in [-0.1, -0.05) is 6.07 Å². The molecule has 1 unspecified atom stereocenters. The molecule has 0 aliphatic carbocycles. The molecule has 0 saturated carbocycles. The van der Waals surface area contributed by atoms with Crippen LogP contribution in [0.25, 0.3) is 10.2 Å². The lowest BCUT2D eigenvalue weighted by atomic mass is 9.96. The zero-order valence-corrected chi connectivity index (χ0v) is 21.8. The Balaban J connectivity index is 0.000000265. The summed E-state index contributed by atoms with van der Waals surface area (Å²) >= 11 is 1.56. The Kier molecular flexibility index (Phi) is 9.61. The topological polar surface area (TPSA) is 146 Å².